The van der Waals surface area contributed by atoms with Crippen molar-refractivity contribution in [2.24, 2.45) is 0 Å². The van der Waals surface area contributed by atoms with Crippen molar-refractivity contribution in [1.82, 2.24) is 9.55 Å². The minimum Gasteiger partial charge on any atom is -0.455 e. The van der Waals surface area contributed by atoms with E-state index in [9.17, 15) is 0 Å². The number of nitrogens with zero attached hydrogens (tertiary/aromatic N) is 1. The third kappa shape index (κ3) is 3.57. The molecule has 0 unspecified atom stereocenters. The number of fused-ring (bicyclic) bond motifs is 16. The number of nitrogens with one attached hydrogen (secondary N) is 1. The summed E-state index contributed by atoms with van der Waals surface area (Å²) in [6.07, 6.45) is 0. The van der Waals surface area contributed by atoms with E-state index >= 15 is 0 Å². The summed E-state index contributed by atoms with van der Waals surface area (Å²) in [5.74, 6) is 0. The van der Waals surface area contributed by atoms with Crippen LogP contribution in [0, 0.1) is 0 Å². The zero-order valence-corrected chi connectivity index (χ0v) is 27.4. The Hall–Kier alpha value is -6.84. The molecule has 0 atom stereocenters. The molecule has 3 heterocycles. The predicted octanol–water partition coefficient (Wildman–Crippen LogP) is 13.4. The first-order valence-electron chi connectivity index (χ1n) is 17.5. The molecule has 12 rings (SSSR count). The van der Waals surface area contributed by atoms with E-state index in [2.05, 4.69) is 167 Å². The van der Waals surface area contributed by atoms with Crippen LogP contribution in [0.1, 0.15) is 0 Å². The Morgan fingerprint density at radius 2 is 0.980 bits per heavy atom. The lowest BCUT2D eigenvalue weighted by Crippen LogP contribution is -1.94. The van der Waals surface area contributed by atoms with E-state index in [1.807, 2.05) is 6.07 Å². The second kappa shape index (κ2) is 9.87. The van der Waals surface area contributed by atoms with Gasteiger partial charge in [0.15, 0.2) is 0 Å². The first-order chi connectivity index (χ1) is 25.3. The Morgan fingerprint density at radius 1 is 0.373 bits per heavy atom. The van der Waals surface area contributed by atoms with Gasteiger partial charge in [0.05, 0.1) is 11.0 Å². The minimum atomic E-state index is 0.910. The average molecular weight is 649 g/mol. The van der Waals surface area contributed by atoms with E-state index in [0.29, 0.717) is 0 Å². The average Bonchev–Trinajstić information content (AvgIpc) is 3.87. The molecule has 1 N–H and O–H groups in total. The maximum Gasteiger partial charge on any atom is 0.143 e. The quantitative estimate of drug-likeness (QED) is 0.186. The third-order valence-electron chi connectivity index (χ3n) is 11.1. The van der Waals surface area contributed by atoms with Crippen molar-refractivity contribution >= 4 is 97.9 Å². The molecule has 3 heteroatoms. The third-order valence-corrected chi connectivity index (χ3v) is 11.1. The Kier molecular flexibility index (Phi) is 5.23. The van der Waals surface area contributed by atoms with Gasteiger partial charge in [-0.25, -0.2) is 0 Å². The highest BCUT2D eigenvalue weighted by Gasteiger charge is 2.21. The van der Waals surface area contributed by atoms with Gasteiger partial charge < -0.3 is 14.0 Å². The van der Waals surface area contributed by atoms with Crippen LogP contribution in [0.5, 0.6) is 0 Å². The number of rotatable bonds is 2. The summed E-state index contributed by atoms with van der Waals surface area (Å²) in [4.78, 5) is 3.79. The van der Waals surface area contributed by atoms with Gasteiger partial charge in [0, 0.05) is 54.6 Å². The molecule has 12 aromatic rings. The van der Waals surface area contributed by atoms with Gasteiger partial charge in [-0.05, 0) is 80.3 Å². The van der Waals surface area contributed by atoms with Gasteiger partial charge in [-0.3, -0.25) is 0 Å². The van der Waals surface area contributed by atoms with Gasteiger partial charge >= 0.3 is 0 Å². The SMILES string of the molecule is c1cc(-c2cccc3c2oc2ccccc23)c2c(c1)[nH]c1ccc3c(c4ccccc4n3-c3ccc4c5ccccc5c5ccccc5c4c3)c12. The van der Waals surface area contributed by atoms with Crippen LogP contribution in [0.25, 0.3) is 115 Å². The van der Waals surface area contributed by atoms with Gasteiger partial charge in [-0.1, -0.05) is 121 Å². The van der Waals surface area contributed by atoms with Crippen molar-refractivity contribution in [2.75, 3.05) is 0 Å². The number of furan rings is 1. The van der Waals surface area contributed by atoms with Crippen molar-refractivity contribution in [2.45, 2.75) is 0 Å². The zero-order chi connectivity index (χ0) is 33.2. The maximum absolute atomic E-state index is 6.57. The topological polar surface area (TPSA) is 33.9 Å². The molecule has 0 aliphatic carbocycles. The van der Waals surface area contributed by atoms with Gasteiger partial charge in [0.2, 0.25) is 0 Å². The summed E-state index contributed by atoms with van der Waals surface area (Å²) >= 11 is 0. The van der Waals surface area contributed by atoms with E-state index in [4.69, 9.17) is 4.42 Å². The van der Waals surface area contributed by atoms with E-state index in [0.717, 1.165) is 49.8 Å². The Bertz CT molecular complexity index is 3390. The molecule has 9 aromatic carbocycles. The molecule has 51 heavy (non-hydrogen) atoms. The lowest BCUT2D eigenvalue weighted by molar-refractivity contribution is 0.670. The van der Waals surface area contributed by atoms with Crippen molar-refractivity contribution < 1.29 is 4.42 Å². The van der Waals surface area contributed by atoms with Gasteiger partial charge in [-0.15, -0.1) is 0 Å². The van der Waals surface area contributed by atoms with E-state index in [-0.39, 0.29) is 0 Å². The van der Waals surface area contributed by atoms with Crippen molar-refractivity contribution in [3.05, 3.63) is 164 Å². The lowest BCUT2D eigenvalue weighted by Gasteiger charge is -2.13. The largest absolute Gasteiger partial charge is 0.455 e. The molecule has 0 bridgehead atoms. The smallest absolute Gasteiger partial charge is 0.143 e. The fourth-order valence-electron chi connectivity index (χ4n) is 8.99. The summed E-state index contributed by atoms with van der Waals surface area (Å²) < 4.78 is 9.03. The van der Waals surface area contributed by atoms with E-state index < -0.39 is 0 Å². The molecule has 3 aromatic heterocycles. The molecular formula is C48H28N2O. The van der Waals surface area contributed by atoms with Gasteiger partial charge in [0.1, 0.15) is 11.2 Å². The summed E-state index contributed by atoms with van der Waals surface area (Å²) in [6, 6.07) is 59.4. The van der Waals surface area contributed by atoms with Crippen LogP contribution in [0.3, 0.4) is 0 Å². The molecule has 0 amide bonds. The fraction of sp³-hybridized carbons (Fsp3) is 0. The molecule has 0 saturated heterocycles. The molecule has 0 aliphatic heterocycles. The number of H-pyrrole nitrogens is 1. The normalized spacial score (nSPS) is 12.3. The molecule has 0 saturated carbocycles. The highest BCUT2D eigenvalue weighted by molar-refractivity contribution is 6.31. The van der Waals surface area contributed by atoms with Crippen LogP contribution in [0.4, 0.5) is 0 Å². The second-order valence-electron chi connectivity index (χ2n) is 13.7. The van der Waals surface area contributed by atoms with Crippen molar-refractivity contribution in [3.8, 4) is 16.8 Å². The van der Waals surface area contributed by atoms with Crippen LogP contribution in [0.2, 0.25) is 0 Å². The first-order valence-corrected chi connectivity index (χ1v) is 17.5. The second-order valence-corrected chi connectivity index (χ2v) is 13.7. The van der Waals surface area contributed by atoms with Crippen LogP contribution in [-0.2, 0) is 0 Å². The predicted molar refractivity (Wildman–Crippen MR) is 215 cm³/mol. The number of benzene rings is 9. The summed E-state index contributed by atoms with van der Waals surface area (Å²) in [6.45, 7) is 0. The highest BCUT2D eigenvalue weighted by Crippen LogP contribution is 2.45. The molecule has 236 valence electrons. The van der Waals surface area contributed by atoms with Crippen molar-refractivity contribution in [1.29, 1.82) is 0 Å². The number of hydrogen-bond acceptors (Lipinski definition) is 1. The molecule has 0 radical (unpaired) electrons. The molecule has 0 aliphatic rings. The molecular weight excluding hydrogens is 621 g/mol. The first kappa shape index (κ1) is 27.0. The lowest BCUT2D eigenvalue weighted by atomic mass is 9.94. The van der Waals surface area contributed by atoms with Gasteiger partial charge in [-0.2, -0.15) is 0 Å². The maximum atomic E-state index is 6.57. The van der Waals surface area contributed by atoms with E-state index in [1.54, 1.807) is 0 Å². The summed E-state index contributed by atoms with van der Waals surface area (Å²) in [5.41, 5.74) is 9.87. The summed E-state index contributed by atoms with van der Waals surface area (Å²) in [7, 11) is 0. The van der Waals surface area contributed by atoms with Crippen LogP contribution < -0.4 is 0 Å². The molecule has 0 fully saturated rings. The number of aromatic nitrogens is 2. The molecule has 3 nitrogen and oxygen atoms in total. The highest BCUT2D eigenvalue weighted by atomic mass is 16.3. The standard InChI is InChI=1S/C48H28N2O/c1-2-13-31-29(11-1)30-12-3-4-14-32(30)39-27-28(23-24-33(31)39)50-42-21-7-5-16-38(42)46-43(50)26-25-41-47(46)45-35(17-10-20-40(45)49-41)37-19-9-18-36-34-15-6-8-22-44(34)51-48(36)37/h1-27,49H. The van der Waals surface area contributed by atoms with Crippen LogP contribution in [-0.4, -0.2) is 9.55 Å². The Morgan fingerprint density at radius 3 is 1.78 bits per heavy atom. The fourth-order valence-corrected chi connectivity index (χ4v) is 8.99. The van der Waals surface area contributed by atoms with Crippen LogP contribution >= 0.6 is 0 Å². The summed E-state index contributed by atoms with van der Waals surface area (Å²) in [5, 5.41) is 14.9. The minimum absolute atomic E-state index is 0.910. The Labute approximate surface area is 291 Å². The van der Waals surface area contributed by atoms with Crippen molar-refractivity contribution in [3.63, 3.8) is 0 Å². The Balaban J connectivity index is 1.20. The number of hydrogen-bond donors (Lipinski definition) is 1. The zero-order valence-electron chi connectivity index (χ0n) is 27.4. The number of aromatic amines is 1. The van der Waals surface area contributed by atoms with Gasteiger partial charge in [0.25, 0.3) is 0 Å². The van der Waals surface area contributed by atoms with E-state index in [1.165, 1.54) is 64.9 Å². The molecule has 0 spiro atoms. The monoisotopic (exact) mass is 648 g/mol. The van der Waals surface area contributed by atoms with Crippen LogP contribution in [0.15, 0.2) is 168 Å². The number of para-hydroxylation sites is 3.